The van der Waals surface area contributed by atoms with Crippen LogP contribution in [-0.4, -0.2) is 30.5 Å². The van der Waals surface area contributed by atoms with Gasteiger partial charge in [0.05, 0.1) is 18.4 Å². The molecule has 0 spiro atoms. The third-order valence-electron chi connectivity index (χ3n) is 2.76. The number of aliphatic imine (C=N–C) groups is 1. The van der Waals surface area contributed by atoms with Gasteiger partial charge in [-0.05, 0) is 23.8 Å². The molecular formula is C13H11F2NO3. The fourth-order valence-corrected chi connectivity index (χ4v) is 1.86. The van der Waals surface area contributed by atoms with Crippen LogP contribution in [0.1, 0.15) is 22.8 Å². The van der Waals surface area contributed by atoms with Crippen molar-refractivity contribution in [3.05, 3.63) is 29.3 Å². The van der Waals surface area contributed by atoms with Crippen molar-refractivity contribution in [2.75, 3.05) is 7.11 Å². The molecule has 0 atom stereocenters. The van der Waals surface area contributed by atoms with Crippen LogP contribution in [0.2, 0.25) is 0 Å². The molecule has 1 aromatic rings. The Hall–Kier alpha value is -2.11. The van der Waals surface area contributed by atoms with Crippen molar-refractivity contribution in [1.29, 1.82) is 0 Å². The van der Waals surface area contributed by atoms with E-state index in [2.05, 4.69) is 9.73 Å². The number of methoxy groups -OCH3 is 1. The van der Waals surface area contributed by atoms with Crippen LogP contribution in [0, 0.1) is 0 Å². The molecule has 4 nitrogen and oxygen atoms in total. The van der Waals surface area contributed by atoms with Gasteiger partial charge in [0.2, 0.25) is 0 Å². The zero-order valence-corrected chi connectivity index (χ0v) is 10.4. The third kappa shape index (κ3) is 2.52. The van der Waals surface area contributed by atoms with Crippen LogP contribution in [0.4, 0.5) is 14.5 Å². The van der Waals surface area contributed by atoms with E-state index in [1.165, 1.54) is 25.3 Å². The standard InChI is InChI=1S/C13H11F2NO3/c1-13(14,15)11-10(17)6-8-5-7(12(18)19-2)3-4-9(8)16-11/h3-5H,6H2,1-2H3. The van der Waals surface area contributed by atoms with Crippen LogP contribution in [-0.2, 0) is 16.0 Å². The van der Waals surface area contributed by atoms with Crippen LogP contribution in [0.5, 0.6) is 0 Å². The van der Waals surface area contributed by atoms with E-state index < -0.39 is 23.4 Å². The van der Waals surface area contributed by atoms with E-state index in [1.807, 2.05) is 0 Å². The number of fused-ring (bicyclic) bond motifs is 1. The van der Waals surface area contributed by atoms with Gasteiger partial charge in [-0.1, -0.05) is 0 Å². The minimum atomic E-state index is -3.27. The molecule has 100 valence electrons. The van der Waals surface area contributed by atoms with Crippen LogP contribution < -0.4 is 0 Å². The maximum absolute atomic E-state index is 13.2. The quantitative estimate of drug-likeness (QED) is 0.773. The van der Waals surface area contributed by atoms with Gasteiger partial charge in [-0.15, -0.1) is 0 Å². The zero-order chi connectivity index (χ0) is 14.2. The molecule has 1 aromatic carbocycles. The third-order valence-corrected chi connectivity index (χ3v) is 2.76. The molecule has 6 heteroatoms. The molecule has 0 saturated heterocycles. The summed E-state index contributed by atoms with van der Waals surface area (Å²) in [4.78, 5) is 26.7. The number of halogens is 2. The van der Waals surface area contributed by atoms with Gasteiger partial charge in [-0.3, -0.25) is 4.79 Å². The van der Waals surface area contributed by atoms with Gasteiger partial charge < -0.3 is 4.74 Å². The molecule has 19 heavy (non-hydrogen) atoms. The Morgan fingerprint density at radius 3 is 2.68 bits per heavy atom. The number of nitrogens with zero attached hydrogens (tertiary/aromatic N) is 1. The number of carbonyl (C=O) groups is 2. The predicted octanol–water partition coefficient (Wildman–Crippen LogP) is 2.33. The average molecular weight is 267 g/mol. The maximum atomic E-state index is 13.2. The first kappa shape index (κ1) is 13.3. The highest BCUT2D eigenvalue weighted by atomic mass is 19.3. The Balaban J connectivity index is 2.47. The van der Waals surface area contributed by atoms with Crippen molar-refractivity contribution >= 4 is 23.2 Å². The van der Waals surface area contributed by atoms with Gasteiger partial charge in [0.15, 0.2) is 11.5 Å². The molecule has 0 aromatic heterocycles. The van der Waals surface area contributed by atoms with E-state index in [-0.39, 0.29) is 17.7 Å². The normalized spacial score (nSPS) is 14.7. The number of benzene rings is 1. The minimum Gasteiger partial charge on any atom is -0.465 e. The van der Waals surface area contributed by atoms with Crippen molar-refractivity contribution < 1.29 is 23.1 Å². The lowest BCUT2D eigenvalue weighted by molar-refractivity contribution is -0.113. The van der Waals surface area contributed by atoms with E-state index >= 15 is 0 Å². The Morgan fingerprint density at radius 1 is 1.42 bits per heavy atom. The average Bonchev–Trinajstić information content (AvgIpc) is 2.35. The summed E-state index contributed by atoms with van der Waals surface area (Å²) in [5.74, 6) is -4.55. The Bertz CT molecular complexity index is 588. The van der Waals surface area contributed by atoms with Gasteiger partial charge in [-0.25, -0.2) is 9.79 Å². The summed E-state index contributed by atoms with van der Waals surface area (Å²) < 4.78 is 30.9. The molecule has 0 aliphatic carbocycles. The first-order valence-corrected chi connectivity index (χ1v) is 5.54. The van der Waals surface area contributed by atoms with Gasteiger partial charge >= 0.3 is 5.97 Å². The molecule has 0 unspecified atom stereocenters. The second-order valence-electron chi connectivity index (χ2n) is 4.28. The summed E-state index contributed by atoms with van der Waals surface area (Å²) >= 11 is 0. The SMILES string of the molecule is COC(=O)c1ccc2c(c1)CC(=O)C(C(C)(F)F)=N2. The summed E-state index contributed by atoms with van der Waals surface area (Å²) in [6.45, 7) is 0.636. The van der Waals surface area contributed by atoms with Crippen LogP contribution >= 0.6 is 0 Å². The lowest BCUT2D eigenvalue weighted by Crippen LogP contribution is -2.35. The summed E-state index contributed by atoms with van der Waals surface area (Å²) in [5.41, 5.74) is 0.242. The molecule has 0 radical (unpaired) electrons. The fraction of sp³-hybridized carbons (Fsp3) is 0.308. The molecule has 0 fully saturated rings. The van der Waals surface area contributed by atoms with Gasteiger partial charge in [-0.2, -0.15) is 8.78 Å². The van der Waals surface area contributed by atoms with Gasteiger partial charge in [0, 0.05) is 13.3 Å². The number of hydrogen-bond acceptors (Lipinski definition) is 4. The highest BCUT2D eigenvalue weighted by molar-refractivity contribution is 6.44. The monoisotopic (exact) mass is 267 g/mol. The molecular weight excluding hydrogens is 256 g/mol. The number of carbonyl (C=O) groups excluding carboxylic acids is 2. The molecule has 0 N–H and O–H groups in total. The molecule has 0 amide bonds. The topological polar surface area (TPSA) is 55.7 Å². The molecule has 0 saturated carbocycles. The Labute approximate surface area is 108 Å². The number of rotatable bonds is 2. The minimum absolute atomic E-state index is 0.192. The number of alkyl halides is 2. The summed E-state index contributed by atoms with van der Waals surface area (Å²) in [6, 6.07) is 4.29. The Kier molecular flexibility index (Phi) is 3.18. The lowest BCUT2D eigenvalue weighted by atomic mass is 9.96. The highest BCUT2D eigenvalue weighted by Crippen LogP contribution is 2.30. The largest absolute Gasteiger partial charge is 0.465 e. The van der Waals surface area contributed by atoms with Crippen molar-refractivity contribution in [3.63, 3.8) is 0 Å². The molecule has 1 aliphatic heterocycles. The molecule has 1 aliphatic rings. The van der Waals surface area contributed by atoms with Crippen molar-refractivity contribution in [1.82, 2.24) is 0 Å². The number of ether oxygens (including phenoxy) is 1. The lowest BCUT2D eigenvalue weighted by Gasteiger charge is -2.19. The Morgan fingerprint density at radius 2 is 2.11 bits per heavy atom. The number of Topliss-reactive ketones (excluding diaryl/α,β-unsaturated/α-hetero) is 1. The van der Waals surface area contributed by atoms with Gasteiger partial charge in [0.1, 0.15) is 0 Å². The van der Waals surface area contributed by atoms with Crippen molar-refractivity contribution in [2.24, 2.45) is 4.99 Å². The second-order valence-corrected chi connectivity index (χ2v) is 4.28. The van der Waals surface area contributed by atoms with E-state index in [0.717, 1.165) is 0 Å². The van der Waals surface area contributed by atoms with E-state index in [9.17, 15) is 18.4 Å². The number of esters is 1. The van der Waals surface area contributed by atoms with Gasteiger partial charge in [0.25, 0.3) is 5.92 Å². The molecule has 1 heterocycles. The van der Waals surface area contributed by atoms with Crippen LogP contribution in [0.15, 0.2) is 23.2 Å². The van der Waals surface area contributed by atoms with E-state index in [4.69, 9.17) is 0 Å². The first-order valence-electron chi connectivity index (χ1n) is 5.54. The second kappa shape index (κ2) is 4.53. The van der Waals surface area contributed by atoms with Crippen molar-refractivity contribution in [3.8, 4) is 0 Å². The maximum Gasteiger partial charge on any atom is 0.337 e. The zero-order valence-electron chi connectivity index (χ0n) is 10.4. The predicted molar refractivity (Wildman–Crippen MR) is 64.2 cm³/mol. The molecule has 2 rings (SSSR count). The first-order chi connectivity index (χ1) is 8.82. The van der Waals surface area contributed by atoms with E-state index in [0.29, 0.717) is 12.5 Å². The summed E-state index contributed by atoms with van der Waals surface area (Å²) in [5, 5.41) is 0. The van der Waals surface area contributed by atoms with Crippen LogP contribution in [0.25, 0.3) is 0 Å². The smallest absolute Gasteiger partial charge is 0.337 e. The summed E-state index contributed by atoms with van der Waals surface area (Å²) in [7, 11) is 1.24. The summed E-state index contributed by atoms with van der Waals surface area (Å²) in [6.07, 6.45) is -0.192. The number of hydrogen-bond donors (Lipinski definition) is 0. The van der Waals surface area contributed by atoms with Crippen molar-refractivity contribution in [2.45, 2.75) is 19.3 Å². The van der Waals surface area contributed by atoms with Crippen LogP contribution in [0.3, 0.4) is 0 Å². The number of ketones is 1. The fourth-order valence-electron chi connectivity index (χ4n) is 1.86. The highest BCUT2D eigenvalue weighted by Gasteiger charge is 2.37. The van der Waals surface area contributed by atoms with E-state index in [1.54, 1.807) is 0 Å². The molecule has 0 bridgehead atoms.